The van der Waals surface area contributed by atoms with Crippen LogP contribution in [0.15, 0.2) is 0 Å². The van der Waals surface area contributed by atoms with Gasteiger partial charge in [0.1, 0.15) is 0 Å². The van der Waals surface area contributed by atoms with Gasteiger partial charge >= 0.3 is 0 Å². The second-order valence-corrected chi connectivity index (χ2v) is 20.3. The topological polar surface area (TPSA) is 0 Å². The molecule has 0 rings (SSSR count). The predicted molar refractivity (Wildman–Crippen MR) is 151 cm³/mol. The molecule has 0 aromatic heterocycles. The maximum Gasteiger partial charge on any atom is 0 e. The fourth-order valence-electron chi connectivity index (χ4n) is 1.52. The fourth-order valence-corrected chi connectivity index (χ4v) is 14.8. The van der Waals surface area contributed by atoms with Crippen molar-refractivity contribution in [2.45, 2.75) is 13.8 Å². The van der Waals surface area contributed by atoms with E-state index in [1.165, 1.54) is 38.2 Å². The van der Waals surface area contributed by atoms with Gasteiger partial charge in [-0.15, -0.1) is 77.4 Å². The van der Waals surface area contributed by atoms with Crippen LogP contribution in [0.3, 0.4) is 0 Å². The summed E-state index contributed by atoms with van der Waals surface area (Å²) in [6.45, 7) is 11.0. The molecule has 0 saturated heterocycles. The van der Waals surface area contributed by atoms with Crippen molar-refractivity contribution in [1.82, 2.24) is 0 Å². The molecule has 0 bridgehead atoms. The number of rotatable bonds is 8. The van der Waals surface area contributed by atoms with Crippen molar-refractivity contribution in [1.29, 1.82) is 0 Å². The number of hydrogen-bond acceptors (Lipinski definition) is 0. The van der Waals surface area contributed by atoms with Gasteiger partial charge in [-0.05, 0) is 50.0 Å². The maximum atomic E-state index is 4.24. The molecule has 0 saturated carbocycles. The Morgan fingerprint density at radius 3 is 0.569 bits per heavy atom. The number of hydrogen-bond donors (Lipinski definition) is 0. The summed E-state index contributed by atoms with van der Waals surface area (Å²) in [4.78, 5) is 0. The third-order valence-electron chi connectivity index (χ3n) is 2.60. The summed E-state index contributed by atoms with van der Waals surface area (Å²) in [6.07, 6.45) is 26.7. The Bertz CT molecular complexity index is 463. The summed E-state index contributed by atoms with van der Waals surface area (Å²) in [6, 6.07) is 0. The monoisotopic (exact) mass is 3300 g/mol. The zero-order valence-electron chi connectivity index (χ0n) is 32.2. The molecule has 0 heterocycles. The smallest absolute Gasteiger partial charge is 0 e. The Morgan fingerprint density at radius 1 is 0.353 bits per heavy atom. The van der Waals surface area contributed by atoms with E-state index in [1.54, 1.807) is 0 Å². The standard InChI is InChI=1S/C8H21P3.C6H16P2.C2H5P.CH3.4W.24Y/c1-6-10(4)8-11(5)7-9(2)3;1-5-8(4)6-7(2)3;1-3-2;;;;;;;;;;;;;;;;;;;;;;;;;;;;;/h9-11H,2,4-8H2,1,3H3;7-8H,2,4-6H2,1,3H3;1H2,2H3;1H3;;;;;;;;;;;;;;;;;;;;;;;;;;;;/q;;;-1;;;;;;;;;;;;;;;;;;;;;;;;;;;;. The summed E-state index contributed by atoms with van der Waals surface area (Å²) in [5.41, 5.74) is 0. The molecule has 0 aromatic rings. The molecular formula is C17H45P6W4Y24-. The fraction of sp³-hybridized carbons (Fsp3) is 0.588. The van der Waals surface area contributed by atoms with E-state index in [2.05, 4.69) is 65.0 Å². The molecule has 0 aliphatic carbocycles. The van der Waals surface area contributed by atoms with Crippen LogP contribution in [0.25, 0.3) is 0 Å². The van der Waals surface area contributed by atoms with Gasteiger partial charge in [-0.25, -0.2) is 0 Å². The zero-order valence-corrected chi connectivity index (χ0v) is 118. The van der Waals surface area contributed by atoms with E-state index >= 15 is 0 Å². The van der Waals surface area contributed by atoms with Gasteiger partial charge in [-0.3, -0.25) is 0 Å². The molecule has 0 amide bonds. The predicted octanol–water partition coefficient (Wildman–Crippen LogP) is 5.75. The zero-order chi connectivity index (χ0) is 18.1. The molecule has 34 heteroatoms. The minimum atomic E-state index is -0.285. The molecule has 0 aliphatic heterocycles. The van der Waals surface area contributed by atoms with Gasteiger partial charge in [-0.1, -0.05) is 20.1 Å². The van der Waals surface area contributed by atoms with Crippen molar-refractivity contribution >= 4 is 83.7 Å². The molecule has 24 radical (unpaired) electrons. The molecule has 0 aliphatic rings. The Hall–Kier alpha value is 30.9. The maximum absolute atomic E-state index is 4.24. The molecule has 5 unspecified atom stereocenters. The van der Waals surface area contributed by atoms with Crippen molar-refractivity contribution < 1.29 is 869 Å². The quantitative estimate of drug-likeness (QED) is 0.215. The van der Waals surface area contributed by atoms with Gasteiger partial charge in [0.2, 0.25) is 0 Å². The molecular weight excluding hydrogens is 3260 g/mol. The summed E-state index contributed by atoms with van der Waals surface area (Å²) < 4.78 is 0. The third kappa shape index (κ3) is 229. The van der Waals surface area contributed by atoms with Gasteiger partial charge in [0.25, 0.3) is 0 Å². The summed E-state index contributed by atoms with van der Waals surface area (Å²) in [7, 11) is -0.0446. The molecule has 0 spiro atoms. The first-order valence-corrected chi connectivity index (χ1v) is 20.5. The van der Waals surface area contributed by atoms with E-state index in [0.29, 0.717) is 0 Å². The van der Waals surface area contributed by atoms with E-state index in [-0.39, 0.29) is 914 Å². The van der Waals surface area contributed by atoms with Crippen LogP contribution in [0.1, 0.15) is 13.8 Å². The minimum absolute atomic E-state index is 0. The Morgan fingerprint density at radius 2 is 0.471 bits per heavy atom. The van der Waals surface area contributed by atoms with Crippen LogP contribution in [0.2, 0.25) is 0 Å². The Balaban J connectivity index is -0.00000000288. The van der Waals surface area contributed by atoms with Crippen LogP contribution < -0.4 is 0 Å². The first-order chi connectivity index (χ1) is 10.1. The van der Waals surface area contributed by atoms with Gasteiger partial charge in [-0.2, -0.15) is 0 Å². The van der Waals surface area contributed by atoms with E-state index in [1.807, 2.05) is 6.66 Å². The first-order valence-electron chi connectivity index (χ1n) is 7.77. The Labute approximate surface area is 989 Å². The van der Waals surface area contributed by atoms with Crippen molar-refractivity contribution in [2.24, 2.45) is 0 Å². The van der Waals surface area contributed by atoms with Crippen LogP contribution in [0, 0.1) is 7.43 Å². The van der Waals surface area contributed by atoms with Crippen LogP contribution in [-0.2, 0) is 869 Å². The molecule has 0 nitrogen and oxygen atoms in total. The SMILES string of the molecule is C=PC.C=[PH](C)C[PH](=C)CC.C=[PH](C)C[PH](=C)C[PH](=C)CC.[CH3-].[W].[W].[W].[W].[Y].[Y].[Y].[Y].[Y].[Y].[Y].[Y].[Y].[Y].[Y].[Y].[Y].[Y].[Y].[Y].[Y].[Y].[Y].[Y].[Y].[Y].[Y].[Y]. The van der Waals surface area contributed by atoms with E-state index in [9.17, 15) is 0 Å². The molecule has 0 aromatic carbocycles. The van der Waals surface area contributed by atoms with Gasteiger partial charge < -0.3 is 7.43 Å². The van der Waals surface area contributed by atoms with Gasteiger partial charge in [0.15, 0.2) is 0 Å². The summed E-state index contributed by atoms with van der Waals surface area (Å²) in [5, 5.41) is 0. The second kappa shape index (κ2) is 192. The third-order valence-corrected chi connectivity index (χ3v) is 17.4. The van der Waals surface area contributed by atoms with Crippen LogP contribution >= 0.6 is 45.9 Å². The average molecular weight is 3300 g/mol. The molecule has 5 atom stereocenters. The summed E-state index contributed by atoms with van der Waals surface area (Å²) >= 11 is 0. The van der Waals surface area contributed by atoms with Crippen LogP contribution in [-0.4, -0.2) is 87.8 Å². The van der Waals surface area contributed by atoms with Crippen molar-refractivity contribution in [3.8, 4) is 0 Å². The second-order valence-electron chi connectivity index (χ2n) is 5.72. The van der Waals surface area contributed by atoms with Gasteiger partial charge in [0, 0.05) is 869 Å². The van der Waals surface area contributed by atoms with Crippen LogP contribution in [0.5, 0.6) is 0 Å². The van der Waals surface area contributed by atoms with E-state index < -0.39 is 0 Å². The molecule has 51 heavy (non-hydrogen) atoms. The van der Waals surface area contributed by atoms with Crippen molar-refractivity contribution in [3.05, 3.63) is 7.43 Å². The Kier molecular flexibility index (Phi) is 809. The normalized spacial score (nSPS) is 7.31. The van der Waals surface area contributed by atoms with Crippen molar-refractivity contribution in [2.75, 3.05) is 50.0 Å². The van der Waals surface area contributed by atoms with Crippen LogP contribution in [0.4, 0.5) is 0 Å². The van der Waals surface area contributed by atoms with E-state index in [0.717, 1.165) is 0 Å². The van der Waals surface area contributed by atoms with E-state index in [4.69, 9.17) is 0 Å². The average Bonchev–Trinajstić information content (AvgIpc) is 2.38. The molecule has 240 valence electrons. The molecule has 0 fully saturated rings. The summed E-state index contributed by atoms with van der Waals surface area (Å²) in [5.74, 6) is 4.11. The minimum Gasteiger partial charge on any atom is -0.358 e. The largest absolute Gasteiger partial charge is 0.358 e. The first kappa shape index (κ1) is 215. The molecule has 0 N–H and O–H groups in total. The van der Waals surface area contributed by atoms with Gasteiger partial charge in [0.05, 0.1) is 0 Å². The van der Waals surface area contributed by atoms with Crippen molar-refractivity contribution in [3.63, 3.8) is 0 Å².